The van der Waals surface area contributed by atoms with Gasteiger partial charge in [0.25, 0.3) is 0 Å². The van der Waals surface area contributed by atoms with Crippen LogP contribution in [0.25, 0.3) is 0 Å². The minimum absolute atomic E-state index is 0.123. The summed E-state index contributed by atoms with van der Waals surface area (Å²) in [7, 11) is 2.86. The number of carbonyl (C=O) groups is 1. The van der Waals surface area contributed by atoms with Gasteiger partial charge in [-0.1, -0.05) is 0 Å². The number of ether oxygens (including phenoxy) is 1. The largest absolute Gasteiger partial charge is 0.464 e. The molecule has 2 heterocycles. The lowest BCUT2D eigenvalue weighted by Gasteiger charge is -2.00. The molecular formula is C9H9N5O3S. The van der Waals surface area contributed by atoms with E-state index in [4.69, 9.17) is 0 Å². The van der Waals surface area contributed by atoms with Crippen molar-refractivity contribution >= 4 is 17.7 Å². The maximum atomic E-state index is 11.1. The van der Waals surface area contributed by atoms with E-state index >= 15 is 0 Å². The topological polar surface area (TPSA) is 103 Å². The minimum Gasteiger partial charge on any atom is -0.464 e. The quantitative estimate of drug-likeness (QED) is 0.770. The molecule has 2 aromatic heterocycles. The van der Waals surface area contributed by atoms with Crippen molar-refractivity contribution in [1.82, 2.24) is 24.7 Å². The number of carbonyl (C=O) groups excluding carboxylic acids is 1. The standard InChI is InChI=1S/C9H9N5O3S/c1-14-8(16)12-13-9(14)18-6-4-10-5(3-11-6)7(15)17-2/h3-4H,1-2H3,(H,12,16). The molecule has 2 aromatic rings. The molecule has 0 saturated heterocycles. The number of hydrogen-bond donors (Lipinski definition) is 1. The average molecular weight is 267 g/mol. The summed E-state index contributed by atoms with van der Waals surface area (Å²) < 4.78 is 5.85. The summed E-state index contributed by atoms with van der Waals surface area (Å²) >= 11 is 1.16. The van der Waals surface area contributed by atoms with Crippen molar-refractivity contribution in [2.24, 2.45) is 7.05 Å². The molecule has 0 aliphatic heterocycles. The molecule has 0 aliphatic rings. The summed E-state index contributed by atoms with van der Waals surface area (Å²) in [6, 6.07) is 0. The number of H-pyrrole nitrogens is 1. The molecule has 2 rings (SSSR count). The Balaban J connectivity index is 2.18. The van der Waals surface area contributed by atoms with E-state index in [-0.39, 0.29) is 11.4 Å². The highest BCUT2D eigenvalue weighted by Crippen LogP contribution is 2.21. The zero-order valence-corrected chi connectivity index (χ0v) is 10.4. The van der Waals surface area contributed by atoms with Crippen molar-refractivity contribution in [3.05, 3.63) is 28.6 Å². The molecule has 9 heteroatoms. The second-order valence-electron chi connectivity index (χ2n) is 3.20. The zero-order valence-electron chi connectivity index (χ0n) is 9.58. The van der Waals surface area contributed by atoms with Crippen LogP contribution in [0.2, 0.25) is 0 Å². The van der Waals surface area contributed by atoms with Gasteiger partial charge in [-0.3, -0.25) is 4.57 Å². The number of methoxy groups -OCH3 is 1. The SMILES string of the molecule is COC(=O)c1cnc(Sc2n[nH]c(=O)n2C)cn1. The summed E-state index contributed by atoms with van der Waals surface area (Å²) in [6.07, 6.45) is 2.72. The Bertz CT molecular complexity index is 618. The van der Waals surface area contributed by atoms with Gasteiger partial charge < -0.3 is 4.74 Å². The van der Waals surface area contributed by atoms with E-state index in [0.717, 1.165) is 11.8 Å². The van der Waals surface area contributed by atoms with Gasteiger partial charge in [-0.25, -0.2) is 24.7 Å². The van der Waals surface area contributed by atoms with Crippen LogP contribution in [0.15, 0.2) is 27.4 Å². The Kier molecular flexibility index (Phi) is 3.42. The van der Waals surface area contributed by atoms with Gasteiger partial charge >= 0.3 is 11.7 Å². The number of esters is 1. The first-order valence-corrected chi connectivity index (χ1v) is 5.63. The monoisotopic (exact) mass is 267 g/mol. The van der Waals surface area contributed by atoms with Gasteiger partial charge in [0.15, 0.2) is 10.9 Å². The molecule has 0 unspecified atom stereocenters. The van der Waals surface area contributed by atoms with Gasteiger partial charge in [-0.05, 0) is 11.8 Å². The predicted octanol–water partition coefficient (Wildman–Crippen LogP) is -0.164. The Morgan fingerprint density at radius 3 is 2.72 bits per heavy atom. The second kappa shape index (κ2) is 5.00. The maximum Gasteiger partial charge on any atom is 0.358 e. The summed E-state index contributed by atoms with van der Waals surface area (Å²) in [4.78, 5) is 30.2. The normalized spacial score (nSPS) is 10.3. The number of hydrogen-bond acceptors (Lipinski definition) is 7. The van der Waals surface area contributed by atoms with Crippen LogP contribution in [0.4, 0.5) is 0 Å². The lowest BCUT2D eigenvalue weighted by molar-refractivity contribution is 0.0593. The van der Waals surface area contributed by atoms with Gasteiger partial charge in [-0.15, -0.1) is 5.10 Å². The van der Waals surface area contributed by atoms with Gasteiger partial charge in [0.05, 0.1) is 19.5 Å². The minimum atomic E-state index is -0.550. The van der Waals surface area contributed by atoms with Crippen molar-refractivity contribution in [2.75, 3.05) is 7.11 Å². The van der Waals surface area contributed by atoms with Crippen LogP contribution in [-0.2, 0) is 11.8 Å². The first kappa shape index (κ1) is 12.3. The molecular weight excluding hydrogens is 258 g/mol. The van der Waals surface area contributed by atoms with Crippen LogP contribution in [0.1, 0.15) is 10.5 Å². The van der Waals surface area contributed by atoms with Gasteiger partial charge in [0, 0.05) is 7.05 Å². The maximum absolute atomic E-state index is 11.1. The van der Waals surface area contributed by atoms with E-state index in [2.05, 4.69) is 24.9 Å². The van der Waals surface area contributed by atoms with E-state index in [1.807, 2.05) is 0 Å². The number of nitrogens with one attached hydrogen (secondary N) is 1. The van der Waals surface area contributed by atoms with E-state index in [1.54, 1.807) is 7.05 Å². The van der Waals surface area contributed by atoms with E-state index < -0.39 is 5.97 Å². The average Bonchev–Trinajstić information content (AvgIpc) is 2.71. The zero-order chi connectivity index (χ0) is 13.1. The van der Waals surface area contributed by atoms with Gasteiger partial charge in [0.2, 0.25) is 0 Å². The summed E-state index contributed by atoms with van der Waals surface area (Å²) in [6.45, 7) is 0. The predicted molar refractivity (Wildman–Crippen MR) is 61.3 cm³/mol. The lowest BCUT2D eigenvalue weighted by Crippen LogP contribution is -2.12. The van der Waals surface area contributed by atoms with Gasteiger partial charge in [-0.2, -0.15) is 0 Å². The second-order valence-corrected chi connectivity index (χ2v) is 4.19. The Hall–Kier alpha value is -2.16. The van der Waals surface area contributed by atoms with E-state index in [1.165, 1.54) is 24.1 Å². The van der Waals surface area contributed by atoms with Crippen LogP contribution >= 0.6 is 11.8 Å². The highest BCUT2D eigenvalue weighted by molar-refractivity contribution is 7.99. The molecule has 0 amide bonds. The molecule has 0 fully saturated rings. The fourth-order valence-electron chi connectivity index (χ4n) is 1.10. The van der Waals surface area contributed by atoms with Crippen LogP contribution < -0.4 is 5.69 Å². The number of aromatic nitrogens is 5. The van der Waals surface area contributed by atoms with Crippen molar-refractivity contribution in [2.45, 2.75) is 10.2 Å². The van der Waals surface area contributed by atoms with Crippen molar-refractivity contribution in [1.29, 1.82) is 0 Å². The molecule has 18 heavy (non-hydrogen) atoms. The molecule has 94 valence electrons. The van der Waals surface area contributed by atoms with E-state index in [9.17, 15) is 9.59 Å². The van der Waals surface area contributed by atoms with Crippen LogP contribution in [0.5, 0.6) is 0 Å². The van der Waals surface area contributed by atoms with E-state index in [0.29, 0.717) is 10.2 Å². The van der Waals surface area contributed by atoms with Crippen LogP contribution in [0.3, 0.4) is 0 Å². The molecule has 0 radical (unpaired) electrons. The summed E-state index contributed by atoms with van der Waals surface area (Å²) in [5, 5.41) is 7.10. The third-order valence-corrected chi connectivity index (χ3v) is 3.02. The fraction of sp³-hybridized carbons (Fsp3) is 0.222. The lowest BCUT2D eigenvalue weighted by atomic mass is 10.5. The molecule has 8 nitrogen and oxygen atoms in total. The molecule has 0 saturated carbocycles. The Morgan fingerprint density at radius 1 is 1.44 bits per heavy atom. The molecule has 0 aromatic carbocycles. The Morgan fingerprint density at radius 2 is 2.22 bits per heavy atom. The third-order valence-electron chi connectivity index (χ3n) is 2.06. The van der Waals surface area contributed by atoms with Crippen molar-refractivity contribution in [3.63, 3.8) is 0 Å². The number of aromatic amines is 1. The van der Waals surface area contributed by atoms with Crippen molar-refractivity contribution in [3.8, 4) is 0 Å². The summed E-state index contributed by atoms with van der Waals surface area (Å²) in [5.41, 5.74) is -0.186. The molecule has 0 spiro atoms. The number of nitrogens with zero attached hydrogens (tertiary/aromatic N) is 4. The third kappa shape index (κ3) is 2.40. The molecule has 0 atom stereocenters. The highest BCUT2D eigenvalue weighted by Gasteiger charge is 2.10. The number of rotatable bonds is 3. The summed E-state index contributed by atoms with van der Waals surface area (Å²) in [5.74, 6) is -0.550. The molecule has 0 aliphatic carbocycles. The highest BCUT2D eigenvalue weighted by atomic mass is 32.2. The van der Waals surface area contributed by atoms with Crippen molar-refractivity contribution < 1.29 is 9.53 Å². The van der Waals surface area contributed by atoms with Crippen LogP contribution in [-0.4, -0.2) is 37.8 Å². The fourth-order valence-corrected chi connectivity index (χ4v) is 1.81. The van der Waals surface area contributed by atoms with Gasteiger partial charge in [0.1, 0.15) is 5.03 Å². The van der Waals surface area contributed by atoms with Crippen LogP contribution in [0, 0.1) is 0 Å². The molecule has 1 N–H and O–H groups in total. The smallest absolute Gasteiger partial charge is 0.358 e. The first-order valence-electron chi connectivity index (χ1n) is 4.81. The Labute approximate surface area is 105 Å². The molecule has 0 bridgehead atoms. The first-order chi connectivity index (χ1) is 8.61.